The zero-order valence-electron chi connectivity index (χ0n) is 20.3. The quantitative estimate of drug-likeness (QED) is 0.220. The summed E-state index contributed by atoms with van der Waals surface area (Å²) < 4.78 is 23.1. The number of benzene rings is 1. The minimum Gasteiger partial charge on any atom is -0.497 e. The van der Waals surface area contributed by atoms with Gasteiger partial charge in [-0.1, -0.05) is 44.6 Å². The molecule has 1 aliphatic carbocycles. The molecule has 0 N–H and O–H groups in total. The molecule has 1 spiro atoms. The molecule has 0 bridgehead atoms. The van der Waals surface area contributed by atoms with Gasteiger partial charge in [-0.3, -0.25) is 0 Å². The molecule has 1 aromatic carbocycles. The first-order chi connectivity index (χ1) is 15.3. The van der Waals surface area contributed by atoms with Gasteiger partial charge in [-0.15, -0.1) is 0 Å². The summed E-state index contributed by atoms with van der Waals surface area (Å²) in [7, 11) is 3.34. The number of carbonyl (C=O) groups excluding carboxylic acids is 1. The molecule has 1 aliphatic heterocycles. The summed E-state index contributed by atoms with van der Waals surface area (Å²) in [4.78, 5) is 12.7. The van der Waals surface area contributed by atoms with Crippen LogP contribution in [0.2, 0.25) is 0 Å². The Kier molecular flexibility index (Phi) is 8.18. The number of hydrogen-bond donors (Lipinski definition) is 0. The summed E-state index contributed by atoms with van der Waals surface area (Å²) in [5.41, 5.74) is 2.01. The van der Waals surface area contributed by atoms with E-state index >= 15 is 0 Å². The molecule has 0 radical (unpaired) electrons. The average Bonchev–Trinajstić information content (AvgIpc) is 3.53. The number of esters is 1. The molecule has 0 unspecified atom stereocenters. The van der Waals surface area contributed by atoms with Crippen LogP contribution in [0.1, 0.15) is 52.5 Å². The van der Waals surface area contributed by atoms with Gasteiger partial charge in [-0.2, -0.15) is 0 Å². The minimum absolute atomic E-state index is 0.0965. The molecule has 2 aliphatic rings. The van der Waals surface area contributed by atoms with Gasteiger partial charge in [-0.25, -0.2) is 4.79 Å². The molecule has 1 saturated heterocycles. The normalized spacial score (nSPS) is 30.2. The maximum absolute atomic E-state index is 12.7. The van der Waals surface area contributed by atoms with E-state index in [1.807, 2.05) is 24.3 Å². The van der Waals surface area contributed by atoms with Crippen molar-refractivity contribution < 1.29 is 23.7 Å². The van der Waals surface area contributed by atoms with Gasteiger partial charge in [-0.05, 0) is 61.8 Å². The van der Waals surface area contributed by atoms with Crippen molar-refractivity contribution in [2.75, 3.05) is 20.8 Å². The van der Waals surface area contributed by atoms with E-state index in [0.29, 0.717) is 5.92 Å². The smallest absolute Gasteiger partial charge is 0.331 e. The first-order valence-corrected chi connectivity index (χ1v) is 11.7. The molecule has 1 aromatic rings. The highest BCUT2D eigenvalue weighted by Crippen LogP contribution is 2.52. The molecule has 0 amide bonds. The fraction of sp³-hybridized carbons (Fsp3) is 0.593. The third-order valence-electron chi connectivity index (χ3n) is 6.72. The lowest BCUT2D eigenvalue weighted by Crippen LogP contribution is -2.54. The van der Waals surface area contributed by atoms with Crippen molar-refractivity contribution in [1.82, 2.24) is 0 Å². The molecule has 5 nitrogen and oxygen atoms in total. The van der Waals surface area contributed by atoms with E-state index in [1.165, 1.54) is 11.6 Å². The molecule has 0 aromatic heterocycles. The second-order valence-electron chi connectivity index (χ2n) is 9.64. The predicted molar refractivity (Wildman–Crippen MR) is 126 cm³/mol. The molecule has 2 fully saturated rings. The van der Waals surface area contributed by atoms with E-state index in [4.69, 9.17) is 18.9 Å². The SMILES string of the molecule is COc1ccc(/C=C/C(=O)O[C@H]2[C@@H](OC)[C@H](/C(C)=C/CCC(C)C)[C@@]3(CO3)C[C@@H]2C)cc1. The van der Waals surface area contributed by atoms with Crippen LogP contribution in [0.3, 0.4) is 0 Å². The Morgan fingerprint density at radius 2 is 1.91 bits per heavy atom. The molecule has 5 atom stereocenters. The second kappa shape index (κ2) is 10.7. The van der Waals surface area contributed by atoms with Gasteiger partial charge in [0.05, 0.1) is 13.7 Å². The van der Waals surface area contributed by atoms with Crippen LogP contribution in [0.15, 0.2) is 42.0 Å². The Morgan fingerprint density at radius 3 is 2.47 bits per heavy atom. The fourth-order valence-electron chi connectivity index (χ4n) is 4.94. The number of rotatable bonds is 9. The topological polar surface area (TPSA) is 57.3 Å². The molecule has 1 heterocycles. The Hall–Kier alpha value is -2.11. The third-order valence-corrected chi connectivity index (χ3v) is 6.72. The Labute approximate surface area is 192 Å². The molecule has 176 valence electrons. The zero-order valence-corrected chi connectivity index (χ0v) is 20.3. The zero-order chi connectivity index (χ0) is 23.3. The standard InChI is InChI=1S/C27H38O5/c1-18(2)8-7-9-19(3)24-26(30-6)25(20(4)16-27(24)17-31-27)32-23(28)15-12-21-10-13-22(29-5)14-11-21/h9-15,18,20,24-26H,7-8,16-17H2,1-6H3/b15-12+,19-9+/t20-,24-,25+,26-,27-/m0/s1. The van der Waals surface area contributed by atoms with Crippen LogP contribution in [0.5, 0.6) is 5.75 Å². The van der Waals surface area contributed by atoms with Gasteiger partial charge in [0.2, 0.25) is 0 Å². The lowest BCUT2D eigenvalue weighted by atomic mass is 9.68. The van der Waals surface area contributed by atoms with E-state index in [0.717, 1.165) is 37.2 Å². The van der Waals surface area contributed by atoms with E-state index in [-0.39, 0.29) is 35.6 Å². The lowest BCUT2D eigenvalue weighted by Gasteiger charge is -2.44. The summed E-state index contributed by atoms with van der Waals surface area (Å²) in [5, 5.41) is 0. The number of epoxide rings is 1. The maximum Gasteiger partial charge on any atom is 0.331 e. The maximum atomic E-state index is 12.7. The summed E-state index contributed by atoms with van der Waals surface area (Å²) in [5.74, 6) is 1.34. The molecule has 5 heteroatoms. The van der Waals surface area contributed by atoms with E-state index in [2.05, 4.69) is 33.8 Å². The second-order valence-corrected chi connectivity index (χ2v) is 9.64. The van der Waals surface area contributed by atoms with Crippen LogP contribution in [-0.2, 0) is 19.0 Å². The van der Waals surface area contributed by atoms with Gasteiger partial charge in [0.15, 0.2) is 0 Å². The van der Waals surface area contributed by atoms with Gasteiger partial charge < -0.3 is 18.9 Å². The predicted octanol–water partition coefficient (Wildman–Crippen LogP) is 5.44. The summed E-state index contributed by atoms with van der Waals surface area (Å²) in [6, 6.07) is 7.53. The van der Waals surface area contributed by atoms with Crippen LogP contribution >= 0.6 is 0 Å². The lowest BCUT2D eigenvalue weighted by molar-refractivity contribution is -0.167. The van der Waals surface area contributed by atoms with Gasteiger partial charge in [0.1, 0.15) is 23.6 Å². The highest BCUT2D eigenvalue weighted by atomic mass is 16.6. The van der Waals surface area contributed by atoms with Crippen molar-refractivity contribution >= 4 is 12.0 Å². The van der Waals surface area contributed by atoms with Crippen molar-refractivity contribution in [3.05, 3.63) is 47.6 Å². The van der Waals surface area contributed by atoms with Crippen LogP contribution < -0.4 is 4.74 Å². The van der Waals surface area contributed by atoms with Gasteiger partial charge >= 0.3 is 5.97 Å². The third kappa shape index (κ3) is 5.81. The number of ether oxygens (including phenoxy) is 4. The highest BCUT2D eigenvalue weighted by Gasteiger charge is 2.61. The number of carbonyl (C=O) groups is 1. The highest BCUT2D eigenvalue weighted by molar-refractivity contribution is 5.87. The van der Waals surface area contributed by atoms with Crippen molar-refractivity contribution in [2.24, 2.45) is 17.8 Å². The van der Waals surface area contributed by atoms with E-state index in [1.54, 1.807) is 20.3 Å². The van der Waals surface area contributed by atoms with Crippen LogP contribution in [-0.4, -0.2) is 44.6 Å². The van der Waals surface area contributed by atoms with Crippen LogP contribution in [0, 0.1) is 17.8 Å². The molecule has 32 heavy (non-hydrogen) atoms. The van der Waals surface area contributed by atoms with Crippen LogP contribution in [0.25, 0.3) is 6.08 Å². The fourth-order valence-corrected chi connectivity index (χ4v) is 4.94. The van der Waals surface area contributed by atoms with E-state index < -0.39 is 0 Å². The Bertz CT molecular complexity index is 819. The van der Waals surface area contributed by atoms with E-state index in [9.17, 15) is 4.79 Å². The van der Waals surface area contributed by atoms with Gasteiger partial charge in [0.25, 0.3) is 0 Å². The molecular formula is C27H38O5. The molecule has 3 rings (SSSR count). The monoisotopic (exact) mass is 442 g/mol. The first-order valence-electron chi connectivity index (χ1n) is 11.7. The Morgan fingerprint density at radius 1 is 1.22 bits per heavy atom. The number of hydrogen-bond acceptors (Lipinski definition) is 5. The van der Waals surface area contributed by atoms with Crippen LogP contribution in [0.4, 0.5) is 0 Å². The summed E-state index contributed by atoms with van der Waals surface area (Å²) in [6.45, 7) is 9.51. The van der Waals surface area contributed by atoms with Crippen molar-refractivity contribution in [3.63, 3.8) is 0 Å². The average molecular weight is 443 g/mol. The molecule has 1 saturated carbocycles. The summed E-state index contributed by atoms with van der Waals surface area (Å²) >= 11 is 0. The summed E-state index contributed by atoms with van der Waals surface area (Å²) in [6.07, 6.45) is 8.08. The van der Waals surface area contributed by atoms with Crippen molar-refractivity contribution in [2.45, 2.75) is 64.8 Å². The Balaban J connectivity index is 1.71. The molecular weight excluding hydrogens is 404 g/mol. The van der Waals surface area contributed by atoms with Crippen molar-refractivity contribution in [3.8, 4) is 5.75 Å². The largest absolute Gasteiger partial charge is 0.497 e. The van der Waals surface area contributed by atoms with Gasteiger partial charge in [0, 0.05) is 19.1 Å². The minimum atomic E-state index is -0.354. The number of allylic oxidation sites excluding steroid dienone is 1. The first kappa shape index (κ1) is 24.5. The van der Waals surface area contributed by atoms with Crippen molar-refractivity contribution in [1.29, 1.82) is 0 Å². The number of methoxy groups -OCH3 is 2.